The van der Waals surface area contributed by atoms with Crippen molar-refractivity contribution in [1.29, 1.82) is 0 Å². The van der Waals surface area contributed by atoms with E-state index in [9.17, 15) is 26.8 Å². The van der Waals surface area contributed by atoms with Crippen molar-refractivity contribution in [2.75, 3.05) is 6.61 Å². The molecule has 28 heavy (non-hydrogen) atoms. The summed E-state index contributed by atoms with van der Waals surface area (Å²) in [5.74, 6) is -4.62. The standard InChI is InChI=1S/C19H19F2NO5S/c1-2-27-17(23)12-16(13-6-4-3-5-7-13)22-18(24)14-8-10-15(11-9-14)28(25,26)19(20)21/h3-11,16,19H,2,12H2,1H3,(H,22,24). The van der Waals surface area contributed by atoms with Gasteiger partial charge in [0.1, 0.15) is 0 Å². The van der Waals surface area contributed by atoms with Crippen molar-refractivity contribution in [3.8, 4) is 0 Å². The van der Waals surface area contributed by atoms with Gasteiger partial charge in [0.2, 0.25) is 9.84 Å². The molecule has 2 rings (SSSR count). The Kier molecular flexibility index (Phi) is 7.22. The first kappa shape index (κ1) is 21.5. The lowest BCUT2D eigenvalue weighted by molar-refractivity contribution is -0.143. The van der Waals surface area contributed by atoms with Gasteiger partial charge in [0.15, 0.2) is 0 Å². The minimum atomic E-state index is -4.73. The third-order valence-corrected chi connectivity index (χ3v) is 5.26. The number of amides is 1. The largest absolute Gasteiger partial charge is 0.466 e. The van der Waals surface area contributed by atoms with Crippen LogP contribution in [0, 0.1) is 0 Å². The lowest BCUT2D eigenvalue weighted by atomic mass is 10.0. The van der Waals surface area contributed by atoms with Crippen LogP contribution in [0.5, 0.6) is 0 Å². The SMILES string of the molecule is CCOC(=O)CC(NC(=O)c1ccc(S(=O)(=O)C(F)F)cc1)c1ccccc1. The molecule has 1 unspecified atom stereocenters. The predicted octanol–water partition coefficient (Wildman–Crippen LogP) is 3.11. The fraction of sp³-hybridized carbons (Fsp3) is 0.263. The molecular weight excluding hydrogens is 392 g/mol. The van der Waals surface area contributed by atoms with Crippen LogP contribution >= 0.6 is 0 Å². The number of hydrogen-bond donors (Lipinski definition) is 1. The predicted molar refractivity (Wildman–Crippen MR) is 97.5 cm³/mol. The lowest BCUT2D eigenvalue weighted by Crippen LogP contribution is -2.30. The van der Waals surface area contributed by atoms with Gasteiger partial charge in [-0.05, 0) is 36.8 Å². The molecule has 0 aliphatic carbocycles. The second-order valence-corrected chi connectivity index (χ2v) is 7.69. The normalized spacial score (nSPS) is 12.4. The van der Waals surface area contributed by atoms with Gasteiger partial charge in [-0.2, -0.15) is 8.78 Å². The molecule has 1 N–H and O–H groups in total. The molecule has 1 amide bonds. The number of nitrogens with one attached hydrogen (secondary N) is 1. The third kappa shape index (κ3) is 5.35. The summed E-state index contributed by atoms with van der Waals surface area (Å²) in [7, 11) is -4.73. The van der Waals surface area contributed by atoms with E-state index in [2.05, 4.69) is 5.32 Å². The van der Waals surface area contributed by atoms with Gasteiger partial charge in [-0.25, -0.2) is 8.42 Å². The number of benzene rings is 2. The maximum Gasteiger partial charge on any atom is 0.341 e. The van der Waals surface area contributed by atoms with E-state index in [1.807, 2.05) is 0 Å². The van der Waals surface area contributed by atoms with Crippen molar-refractivity contribution in [2.45, 2.75) is 30.0 Å². The van der Waals surface area contributed by atoms with Crippen molar-refractivity contribution in [3.05, 3.63) is 65.7 Å². The van der Waals surface area contributed by atoms with E-state index >= 15 is 0 Å². The molecule has 0 spiro atoms. The summed E-state index contributed by atoms with van der Waals surface area (Å²) in [5.41, 5.74) is 0.749. The van der Waals surface area contributed by atoms with Crippen molar-refractivity contribution in [2.24, 2.45) is 0 Å². The monoisotopic (exact) mass is 411 g/mol. The molecule has 0 aromatic heterocycles. The maximum atomic E-state index is 12.6. The Bertz CT molecular complexity index is 915. The number of ether oxygens (including phenoxy) is 1. The summed E-state index contributed by atoms with van der Waals surface area (Å²) in [6, 6.07) is 12.3. The van der Waals surface area contributed by atoms with E-state index < -0.39 is 38.4 Å². The van der Waals surface area contributed by atoms with Crippen LogP contribution in [0.25, 0.3) is 0 Å². The van der Waals surface area contributed by atoms with E-state index in [1.54, 1.807) is 37.3 Å². The molecule has 0 aliphatic heterocycles. The number of hydrogen-bond acceptors (Lipinski definition) is 5. The first-order valence-corrected chi connectivity index (χ1v) is 9.94. The summed E-state index contributed by atoms with van der Waals surface area (Å²) >= 11 is 0. The van der Waals surface area contributed by atoms with E-state index in [4.69, 9.17) is 4.74 Å². The van der Waals surface area contributed by atoms with Crippen molar-refractivity contribution < 1.29 is 31.5 Å². The number of alkyl halides is 2. The number of rotatable bonds is 8. The van der Waals surface area contributed by atoms with Gasteiger partial charge >= 0.3 is 11.7 Å². The Morgan fingerprint density at radius 3 is 2.18 bits per heavy atom. The Hall–Kier alpha value is -2.81. The van der Waals surface area contributed by atoms with Crippen LogP contribution in [0.15, 0.2) is 59.5 Å². The van der Waals surface area contributed by atoms with Crippen LogP contribution in [0.1, 0.15) is 35.3 Å². The highest BCUT2D eigenvalue weighted by molar-refractivity contribution is 7.91. The number of carbonyl (C=O) groups excluding carboxylic acids is 2. The molecule has 9 heteroatoms. The van der Waals surface area contributed by atoms with E-state index in [1.165, 1.54) is 0 Å². The molecule has 0 aliphatic rings. The molecule has 1 atom stereocenters. The molecule has 0 saturated heterocycles. The first-order valence-electron chi connectivity index (χ1n) is 8.39. The van der Waals surface area contributed by atoms with Crippen LogP contribution in [-0.2, 0) is 19.4 Å². The minimum Gasteiger partial charge on any atom is -0.466 e. The first-order chi connectivity index (χ1) is 13.3. The van der Waals surface area contributed by atoms with Crippen molar-refractivity contribution in [3.63, 3.8) is 0 Å². The Labute approximate surface area is 161 Å². The molecule has 0 fully saturated rings. The summed E-state index contributed by atoms with van der Waals surface area (Å²) in [6.45, 7) is 1.87. The van der Waals surface area contributed by atoms with Gasteiger partial charge in [-0.15, -0.1) is 0 Å². The Morgan fingerprint density at radius 1 is 1.04 bits per heavy atom. The van der Waals surface area contributed by atoms with Crippen LogP contribution < -0.4 is 5.32 Å². The fourth-order valence-electron chi connectivity index (χ4n) is 2.46. The van der Waals surface area contributed by atoms with E-state index in [-0.39, 0.29) is 18.6 Å². The van der Waals surface area contributed by atoms with Crippen LogP contribution in [0.2, 0.25) is 0 Å². The molecule has 2 aromatic rings. The number of sulfone groups is 1. The van der Waals surface area contributed by atoms with Gasteiger partial charge in [0.05, 0.1) is 24.0 Å². The average molecular weight is 411 g/mol. The smallest absolute Gasteiger partial charge is 0.341 e. The highest BCUT2D eigenvalue weighted by Gasteiger charge is 2.27. The molecule has 0 heterocycles. The molecule has 0 radical (unpaired) electrons. The average Bonchev–Trinajstić information content (AvgIpc) is 2.68. The molecule has 0 bridgehead atoms. The zero-order chi connectivity index (χ0) is 20.7. The highest BCUT2D eigenvalue weighted by atomic mass is 32.2. The van der Waals surface area contributed by atoms with Crippen LogP contribution in [-0.4, -0.2) is 32.7 Å². The van der Waals surface area contributed by atoms with Crippen molar-refractivity contribution >= 4 is 21.7 Å². The summed E-state index contributed by atoms with van der Waals surface area (Å²) in [6.07, 6.45) is -0.0958. The number of esters is 1. The second-order valence-electron chi connectivity index (χ2n) is 5.78. The van der Waals surface area contributed by atoms with E-state index in [0.29, 0.717) is 5.56 Å². The maximum absolute atomic E-state index is 12.6. The molecule has 150 valence electrons. The highest BCUT2D eigenvalue weighted by Crippen LogP contribution is 2.21. The quantitative estimate of drug-likeness (QED) is 0.674. The molecule has 6 nitrogen and oxygen atoms in total. The Balaban J connectivity index is 2.20. The summed E-state index contributed by atoms with van der Waals surface area (Å²) in [4.78, 5) is 23.8. The molecular formula is C19H19F2NO5S. The van der Waals surface area contributed by atoms with Gasteiger partial charge in [0, 0.05) is 5.56 Å². The number of carbonyl (C=O) groups is 2. The Morgan fingerprint density at radius 2 is 1.64 bits per heavy atom. The third-order valence-electron chi connectivity index (χ3n) is 3.86. The van der Waals surface area contributed by atoms with Crippen molar-refractivity contribution in [1.82, 2.24) is 5.32 Å². The van der Waals surface area contributed by atoms with Gasteiger partial charge in [-0.1, -0.05) is 30.3 Å². The summed E-state index contributed by atoms with van der Waals surface area (Å²) in [5, 5.41) is 2.68. The zero-order valence-corrected chi connectivity index (χ0v) is 15.8. The van der Waals surface area contributed by atoms with Crippen LogP contribution in [0.4, 0.5) is 8.78 Å². The minimum absolute atomic E-state index is 0.0676. The van der Waals surface area contributed by atoms with Gasteiger partial charge in [0.25, 0.3) is 5.91 Å². The van der Waals surface area contributed by atoms with Crippen LogP contribution in [0.3, 0.4) is 0 Å². The molecule has 2 aromatic carbocycles. The van der Waals surface area contributed by atoms with Gasteiger partial charge in [-0.3, -0.25) is 9.59 Å². The summed E-state index contributed by atoms with van der Waals surface area (Å²) < 4.78 is 53.0. The van der Waals surface area contributed by atoms with E-state index in [0.717, 1.165) is 24.3 Å². The fourth-order valence-corrected chi connectivity index (χ4v) is 3.19. The molecule has 0 saturated carbocycles. The van der Waals surface area contributed by atoms with Gasteiger partial charge < -0.3 is 10.1 Å². The number of halogens is 2. The zero-order valence-electron chi connectivity index (χ0n) is 15.0. The topological polar surface area (TPSA) is 89.5 Å². The second kappa shape index (κ2) is 9.41. The lowest BCUT2D eigenvalue weighted by Gasteiger charge is -2.18.